The summed E-state index contributed by atoms with van der Waals surface area (Å²) in [6, 6.07) is 58.5. The van der Waals surface area contributed by atoms with Crippen molar-refractivity contribution in [1.82, 2.24) is 19.1 Å². The van der Waals surface area contributed by atoms with E-state index in [9.17, 15) is 0 Å². The second-order valence-corrected chi connectivity index (χ2v) is 13.0. The van der Waals surface area contributed by atoms with Gasteiger partial charge in [0.05, 0.1) is 56.4 Å². The number of benzene rings is 8. The van der Waals surface area contributed by atoms with Gasteiger partial charge in [0.1, 0.15) is 0 Å². The lowest BCUT2D eigenvalue weighted by molar-refractivity contribution is 1.13. The van der Waals surface area contributed by atoms with Crippen LogP contribution in [-0.4, -0.2) is 19.1 Å². The molecule has 0 saturated heterocycles. The van der Waals surface area contributed by atoms with Crippen LogP contribution in [0.3, 0.4) is 0 Å². The van der Waals surface area contributed by atoms with Crippen LogP contribution in [0.25, 0.3) is 98.8 Å². The summed E-state index contributed by atoms with van der Waals surface area (Å²) in [5.41, 5.74) is 10.4. The molecule has 11 aromatic rings. The molecular formula is C46H28N4. The molecule has 11 rings (SSSR count). The quantitative estimate of drug-likeness (QED) is 0.181. The van der Waals surface area contributed by atoms with Crippen LogP contribution in [0.15, 0.2) is 170 Å². The normalized spacial score (nSPS) is 12.0. The van der Waals surface area contributed by atoms with E-state index in [-0.39, 0.29) is 0 Å². The minimum Gasteiger partial charge on any atom is -0.308 e. The molecule has 4 nitrogen and oxygen atoms in total. The predicted molar refractivity (Wildman–Crippen MR) is 209 cm³/mol. The summed E-state index contributed by atoms with van der Waals surface area (Å²) in [7, 11) is 0. The van der Waals surface area contributed by atoms with Gasteiger partial charge in [0.2, 0.25) is 0 Å². The number of hydrogen-bond acceptors (Lipinski definition) is 2. The van der Waals surface area contributed by atoms with Gasteiger partial charge in [-0.1, -0.05) is 127 Å². The van der Waals surface area contributed by atoms with E-state index < -0.39 is 0 Å². The highest BCUT2D eigenvalue weighted by atomic mass is 15.0. The van der Waals surface area contributed by atoms with Crippen molar-refractivity contribution in [2.24, 2.45) is 0 Å². The Kier molecular flexibility index (Phi) is 5.63. The van der Waals surface area contributed by atoms with E-state index in [0.717, 1.165) is 66.5 Å². The van der Waals surface area contributed by atoms with Gasteiger partial charge in [-0.3, -0.25) is 4.98 Å². The van der Waals surface area contributed by atoms with Crippen LogP contribution in [0.2, 0.25) is 0 Å². The van der Waals surface area contributed by atoms with E-state index in [1.54, 1.807) is 0 Å². The van der Waals surface area contributed by atoms with Crippen molar-refractivity contribution in [3.8, 4) is 22.6 Å². The highest BCUT2D eigenvalue weighted by Crippen LogP contribution is 2.42. The Balaban J connectivity index is 1.33. The summed E-state index contributed by atoms with van der Waals surface area (Å²) in [5.74, 6) is 0. The molecule has 4 heteroatoms. The summed E-state index contributed by atoms with van der Waals surface area (Å²) in [5, 5.41) is 9.46. The molecule has 0 aliphatic heterocycles. The molecule has 0 bridgehead atoms. The fourth-order valence-electron chi connectivity index (χ4n) is 8.27. The van der Waals surface area contributed by atoms with Crippen molar-refractivity contribution in [3.05, 3.63) is 170 Å². The molecule has 0 N–H and O–H groups in total. The highest BCUT2D eigenvalue weighted by molar-refractivity contribution is 6.23. The van der Waals surface area contributed by atoms with E-state index in [4.69, 9.17) is 9.97 Å². The third kappa shape index (κ3) is 3.70. The molecule has 0 aliphatic carbocycles. The maximum Gasteiger partial charge on any atom is 0.0979 e. The third-order valence-electron chi connectivity index (χ3n) is 10.3. The summed E-state index contributed by atoms with van der Waals surface area (Å²) in [4.78, 5) is 10.8. The van der Waals surface area contributed by atoms with Gasteiger partial charge in [0.15, 0.2) is 0 Å². The monoisotopic (exact) mass is 636 g/mol. The molecule has 0 unspecified atom stereocenters. The predicted octanol–water partition coefficient (Wildman–Crippen LogP) is 11.8. The van der Waals surface area contributed by atoms with Crippen molar-refractivity contribution in [2.45, 2.75) is 0 Å². The maximum absolute atomic E-state index is 5.60. The van der Waals surface area contributed by atoms with Gasteiger partial charge in [0, 0.05) is 37.9 Å². The van der Waals surface area contributed by atoms with Crippen LogP contribution in [-0.2, 0) is 0 Å². The first-order chi connectivity index (χ1) is 24.8. The number of aromatic nitrogens is 4. The van der Waals surface area contributed by atoms with Gasteiger partial charge in [-0.2, -0.15) is 0 Å². The molecule has 3 heterocycles. The zero-order valence-electron chi connectivity index (χ0n) is 27.0. The average molecular weight is 637 g/mol. The van der Waals surface area contributed by atoms with Gasteiger partial charge in [-0.05, 0) is 47.2 Å². The Bertz CT molecular complexity index is 2890. The van der Waals surface area contributed by atoms with E-state index >= 15 is 0 Å². The Hall–Kier alpha value is -6.78. The molecule has 0 amide bonds. The molecular weight excluding hydrogens is 609 g/mol. The van der Waals surface area contributed by atoms with Crippen molar-refractivity contribution >= 4 is 76.2 Å². The molecule has 0 saturated carbocycles. The first-order valence-corrected chi connectivity index (χ1v) is 17.0. The second-order valence-electron chi connectivity index (χ2n) is 13.0. The van der Waals surface area contributed by atoms with Crippen molar-refractivity contribution in [1.29, 1.82) is 0 Å². The van der Waals surface area contributed by atoms with Crippen molar-refractivity contribution in [2.75, 3.05) is 0 Å². The van der Waals surface area contributed by atoms with Crippen LogP contribution >= 0.6 is 0 Å². The zero-order chi connectivity index (χ0) is 32.8. The lowest BCUT2D eigenvalue weighted by Gasteiger charge is -2.20. The Labute approximate surface area is 287 Å². The second kappa shape index (κ2) is 10.4. The SMILES string of the molecule is c1cc(-n2c3ccccc3c3ccccc32)c(-c2cnc3c4ccccc4c4ccccc4c3n2)c(-n2c3ccccc3c3ccccc32)c1. The smallest absolute Gasteiger partial charge is 0.0979 e. The maximum atomic E-state index is 5.60. The summed E-state index contributed by atoms with van der Waals surface area (Å²) >= 11 is 0. The first-order valence-electron chi connectivity index (χ1n) is 17.0. The number of para-hydroxylation sites is 4. The van der Waals surface area contributed by atoms with Crippen molar-refractivity contribution < 1.29 is 0 Å². The molecule has 0 radical (unpaired) electrons. The number of rotatable bonds is 3. The fraction of sp³-hybridized carbons (Fsp3) is 0. The number of hydrogen-bond donors (Lipinski definition) is 0. The van der Waals surface area contributed by atoms with E-state index in [1.165, 1.54) is 32.3 Å². The largest absolute Gasteiger partial charge is 0.308 e. The van der Waals surface area contributed by atoms with Crippen LogP contribution in [0.1, 0.15) is 0 Å². The van der Waals surface area contributed by atoms with Gasteiger partial charge < -0.3 is 9.13 Å². The average Bonchev–Trinajstić information content (AvgIpc) is 3.71. The molecule has 0 fully saturated rings. The summed E-state index contributed by atoms with van der Waals surface area (Å²) in [6.07, 6.45) is 1.98. The standard InChI is InChI=1S/C46H28N4/c1-3-20-35-29(14-1)30-15-2-4-21-36(30)46-45(35)47-28-37(48-46)44-42(49-38-22-9-5-16-31(38)32-17-6-10-23-39(32)49)26-13-27-43(44)50-40-24-11-7-18-33(40)34-19-8-12-25-41(34)50/h1-28H. The van der Waals surface area contributed by atoms with Crippen LogP contribution < -0.4 is 0 Å². The molecule has 8 aromatic carbocycles. The summed E-state index contributed by atoms with van der Waals surface area (Å²) in [6.45, 7) is 0. The molecule has 50 heavy (non-hydrogen) atoms. The minimum absolute atomic E-state index is 0.826. The Morgan fingerprint density at radius 3 is 1.12 bits per heavy atom. The molecule has 0 atom stereocenters. The minimum atomic E-state index is 0.826. The lowest BCUT2D eigenvalue weighted by Crippen LogP contribution is -2.05. The molecule has 0 aliphatic rings. The van der Waals surface area contributed by atoms with Gasteiger partial charge in [0.25, 0.3) is 0 Å². The summed E-state index contributed by atoms with van der Waals surface area (Å²) < 4.78 is 4.81. The Morgan fingerprint density at radius 1 is 0.320 bits per heavy atom. The molecule has 232 valence electrons. The zero-order valence-corrected chi connectivity index (χ0v) is 27.0. The van der Waals surface area contributed by atoms with Crippen LogP contribution in [0.5, 0.6) is 0 Å². The van der Waals surface area contributed by atoms with E-state index in [1.807, 2.05) is 6.20 Å². The van der Waals surface area contributed by atoms with Gasteiger partial charge >= 0.3 is 0 Å². The van der Waals surface area contributed by atoms with Crippen molar-refractivity contribution in [3.63, 3.8) is 0 Å². The van der Waals surface area contributed by atoms with Crippen LogP contribution in [0.4, 0.5) is 0 Å². The van der Waals surface area contributed by atoms with E-state index in [2.05, 4.69) is 173 Å². The van der Waals surface area contributed by atoms with Crippen LogP contribution in [0, 0.1) is 0 Å². The molecule has 3 aromatic heterocycles. The highest BCUT2D eigenvalue weighted by Gasteiger charge is 2.23. The molecule has 0 spiro atoms. The Morgan fingerprint density at radius 2 is 0.680 bits per heavy atom. The number of nitrogens with zero attached hydrogens (tertiary/aromatic N) is 4. The van der Waals surface area contributed by atoms with E-state index in [0.29, 0.717) is 0 Å². The number of fused-ring (bicyclic) bond motifs is 12. The van der Waals surface area contributed by atoms with Gasteiger partial charge in [-0.15, -0.1) is 0 Å². The van der Waals surface area contributed by atoms with Gasteiger partial charge in [-0.25, -0.2) is 4.98 Å². The fourth-order valence-corrected chi connectivity index (χ4v) is 8.27. The topological polar surface area (TPSA) is 35.6 Å². The first kappa shape index (κ1) is 27.2. The third-order valence-corrected chi connectivity index (χ3v) is 10.3. The lowest BCUT2D eigenvalue weighted by atomic mass is 9.99.